The summed E-state index contributed by atoms with van der Waals surface area (Å²) in [5, 5.41) is 3.37. The summed E-state index contributed by atoms with van der Waals surface area (Å²) in [6.07, 6.45) is 1.95. The number of hydrogen-bond acceptors (Lipinski definition) is 6. The van der Waals surface area contributed by atoms with Gasteiger partial charge in [-0.15, -0.1) is 0 Å². The molecule has 0 unspecified atom stereocenters. The second-order valence-electron chi connectivity index (χ2n) is 5.53. The summed E-state index contributed by atoms with van der Waals surface area (Å²) in [5.41, 5.74) is 0.764. The van der Waals surface area contributed by atoms with Gasteiger partial charge in [-0.2, -0.15) is 0 Å². The number of furan rings is 1. The van der Waals surface area contributed by atoms with E-state index in [1.807, 2.05) is 18.2 Å². The number of para-hydroxylation sites is 1. The van der Waals surface area contributed by atoms with Gasteiger partial charge in [-0.05, 0) is 18.6 Å². The van der Waals surface area contributed by atoms with Crippen LogP contribution in [-0.2, 0) is 16.1 Å². The normalized spacial score (nSPS) is 17.7. The minimum Gasteiger partial charge on any atom is -0.448 e. The summed E-state index contributed by atoms with van der Waals surface area (Å²) in [7, 11) is 0. The van der Waals surface area contributed by atoms with E-state index in [0.29, 0.717) is 23.3 Å². The number of nitrogens with zero attached hydrogens (tertiary/aromatic N) is 2. The molecule has 1 N–H and O–H groups in total. The van der Waals surface area contributed by atoms with Crippen molar-refractivity contribution < 1.29 is 14.0 Å². The highest BCUT2D eigenvalue weighted by Crippen LogP contribution is 2.24. The lowest BCUT2D eigenvalue weighted by atomic mass is 10.2. The van der Waals surface area contributed by atoms with E-state index < -0.39 is 17.5 Å². The zero-order chi connectivity index (χ0) is 16.7. The SMILES string of the molecule is O=C(Cn1cnc2c(oc3ccccc32)c1=O)N[C@H]1CCSC1=O. The van der Waals surface area contributed by atoms with Crippen molar-refractivity contribution in [3.05, 3.63) is 40.9 Å². The first kappa shape index (κ1) is 14.9. The number of carbonyl (C=O) groups is 2. The summed E-state index contributed by atoms with van der Waals surface area (Å²) in [6.45, 7) is -0.201. The molecule has 1 aromatic carbocycles. The van der Waals surface area contributed by atoms with Gasteiger partial charge in [-0.1, -0.05) is 23.9 Å². The number of benzene rings is 1. The van der Waals surface area contributed by atoms with E-state index in [9.17, 15) is 14.4 Å². The maximum absolute atomic E-state index is 12.5. The van der Waals surface area contributed by atoms with Crippen LogP contribution in [0.1, 0.15) is 6.42 Å². The second-order valence-corrected chi connectivity index (χ2v) is 6.63. The monoisotopic (exact) mass is 343 g/mol. The zero-order valence-corrected chi connectivity index (χ0v) is 13.3. The summed E-state index contributed by atoms with van der Waals surface area (Å²) >= 11 is 1.21. The molecule has 0 aliphatic carbocycles. The highest BCUT2D eigenvalue weighted by atomic mass is 32.2. The minimum absolute atomic E-state index is 0.0402. The second kappa shape index (κ2) is 5.79. The smallest absolute Gasteiger partial charge is 0.297 e. The number of carbonyl (C=O) groups excluding carboxylic acids is 2. The number of amides is 1. The largest absolute Gasteiger partial charge is 0.448 e. The van der Waals surface area contributed by atoms with Crippen molar-refractivity contribution in [2.75, 3.05) is 5.75 Å². The molecule has 1 aliphatic heterocycles. The number of nitrogens with one attached hydrogen (secondary N) is 1. The van der Waals surface area contributed by atoms with Gasteiger partial charge in [0, 0.05) is 11.1 Å². The molecule has 3 aromatic rings. The molecule has 1 aliphatic rings. The van der Waals surface area contributed by atoms with Crippen molar-refractivity contribution in [2.45, 2.75) is 19.0 Å². The Labute approximate surface area is 140 Å². The first-order valence-corrected chi connectivity index (χ1v) is 8.45. The quantitative estimate of drug-likeness (QED) is 0.770. The molecule has 1 amide bonds. The van der Waals surface area contributed by atoms with Crippen LogP contribution in [0.25, 0.3) is 22.1 Å². The molecule has 24 heavy (non-hydrogen) atoms. The molecule has 4 rings (SSSR count). The summed E-state index contributed by atoms with van der Waals surface area (Å²) in [5.74, 6) is 0.311. The van der Waals surface area contributed by atoms with Gasteiger partial charge >= 0.3 is 0 Å². The van der Waals surface area contributed by atoms with Crippen molar-refractivity contribution in [1.29, 1.82) is 0 Å². The van der Waals surface area contributed by atoms with Crippen molar-refractivity contribution in [3.8, 4) is 0 Å². The fourth-order valence-electron chi connectivity index (χ4n) is 2.75. The van der Waals surface area contributed by atoms with Crippen LogP contribution in [0, 0.1) is 0 Å². The molecule has 3 heterocycles. The van der Waals surface area contributed by atoms with Crippen LogP contribution in [0.3, 0.4) is 0 Å². The average Bonchev–Trinajstić information content (AvgIpc) is 3.14. The van der Waals surface area contributed by atoms with Crippen LogP contribution < -0.4 is 10.9 Å². The maximum atomic E-state index is 12.5. The maximum Gasteiger partial charge on any atom is 0.297 e. The van der Waals surface area contributed by atoms with E-state index in [0.717, 1.165) is 5.39 Å². The molecule has 0 saturated carbocycles. The Morgan fingerprint density at radius 1 is 1.38 bits per heavy atom. The lowest BCUT2D eigenvalue weighted by Gasteiger charge is -2.10. The van der Waals surface area contributed by atoms with Gasteiger partial charge in [-0.3, -0.25) is 19.0 Å². The van der Waals surface area contributed by atoms with Crippen molar-refractivity contribution >= 4 is 44.9 Å². The van der Waals surface area contributed by atoms with Crippen LogP contribution in [0.4, 0.5) is 0 Å². The Kier molecular flexibility index (Phi) is 3.61. The molecule has 1 atom stereocenters. The Bertz CT molecular complexity index is 1020. The van der Waals surface area contributed by atoms with Gasteiger partial charge in [-0.25, -0.2) is 4.98 Å². The van der Waals surface area contributed by atoms with Gasteiger partial charge in [0.15, 0.2) is 0 Å². The Hall–Kier alpha value is -2.61. The van der Waals surface area contributed by atoms with Crippen molar-refractivity contribution in [1.82, 2.24) is 14.9 Å². The van der Waals surface area contributed by atoms with E-state index in [1.165, 1.54) is 22.7 Å². The van der Waals surface area contributed by atoms with E-state index in [-0.39, 0.29) is 17.2 Å². The lowest BCUT2D eigenvalue weighted by Crippen LogP contribution is -2.40. The highest BCUT2D eigenvalue weighted by molar-refractivity contribution is 8.14. The van der Waals surface area contributed by atoms with Crippen LogP contribution in [0.15, 0.2) is 39.8 Å². The number of rotatable bonds is 3. The Balaban J connectivity index is 1.63. The van der Waals surface area contributed by atoms with E-state index in [2.05, 4.69) is 10.3 Å². The predicted octanol–water partition coefficient (Wildman–Crippen LogP) is 1.29. The third-order valence-corrected chi connectivity index (χ3v) is 4.94. The number of fused-ring (bicyclic) bond motifs is 3. The van der Waals surface area contributed by atoms with Gasteiger partial charge in [0.1, 0.15) is 17.6 Å². The molecule has 1 saturated heterocycles. The van der Waals surface area contributed by atoms with E-state index in [4.69, 9.17) is 4.42 Å². The number of hydrogen-bond donors (Lipinski definition) is 1. The highest BCUT2D eigenvalue weighted by Gasteiger charge is 2.27. The molecular formula is C16H13N3O4S. The average molecular weight is 343 g/mol. The molecule has 8 heteroatoms. The minimum atomic E-state index is -0.471. The van der Waals surface area contributed by atoms with Gasteiger partial charge < -0.3 is 9.73 Å². The third-order valence-electron chi connectivity index (χ3n) is 3.94. The van der Waals surface area contributed by atoms with Crippen LogP contribution in [-0.4, -0.2) is 32.4 Å². The predicted molar refractivity (Wildman–Crippen MR) is 89.8 cm³/mol. The molecule has 122 valence electrons. The first-order valence-electron chi connectivity index (χ1n) is 7.46. The Morgan fingerprint density at radius 3 is 3.00 bits per heavy atom. The van der Waals surface area contributed by atoms with Gasteiger partial charge in [0.05, 0.1) is 12.4 Å². The molecule has 0 radical (unpaired) electrons. The van der Waals surface area contributed by atoms with Gasteiger partial charge in [0.25, 0.3) is 5.56 Å². The zero-order valence-electron chi connectivity index (χ0n) is 12.5. The van der Waals surface area contributed by atoms with Crippen LogP contribution in [0.2, 0.25) is 0 Å². The number of aromatic nitrogens is 2. The fourth-order valence-corrected chi connectivity index (χ4v) is 3.68. The third kappa shape index (κ3) is 2.48. The van der Waals surface area contributed by atoms with Crippen LogP contribution >= 0.6 is 11.8 Å². The standard InChI is InChI=1S/C16H13N3O4S/c20-12(18-10-5-6-24-16(10)22)7-19-8-17-13-9-3-1-2-4-11(9)23-14(13)15(19)21/h1-4,8,10H,5-7H2,(H,18,20)/t10-/m0/s1. The van der Waals surface area contributed by atoms with E-state index >= 15 is 0 Å². The van der Waals surface area contributed by atoms with Crippen molar-refractivity contribution in [3.63, 3.8) is 0 Å². The Morgan fingerprint density at radius 2 is 2.21 bits per heavy atom. The molecule has 7 nitrogen and oxygen atoms in total. The first-order chi connectivity index (χ1) is 11.6. The molecule has 0 spiro atoms. The van der Waals surface area contributed by atoms with Gasteiger partial charge in [0.2, 0.25) is 16.6 Å². The lowest BCUT2D eigenvalue weighted by molar-refractivity contribution is -0.125. The molecule has 1 fully saturated rings. The molecule has 0 bridgehead atoms. The van der Waals surface area contributed by atoms with E-state index in [1.54, 1.807) is 6.07 Å². The fraction of sp³-hybridized carbons (Fsp3) is 0.250. The van der Waals surface area contributed by atoms with Crippen LogP contribution in [0.5, 0.6) is 0 Å². The summed E-state index contributed by atoms with van der Waals surface area (Å²) < 4.78 is 6.76. The summed E-state index contributed by atoms with van der Waals surface area (Å²) in [6, 6.07) is 6.77. The topological polar surface area (TPSA) is 94.2 Å². The van der Waals surface area contributed by atoms with Crippen molar-refractivity contribution in [2.24, 2.45) is 0 Å². The summed E-state index contributed by atoms with van der Waals surface area (Å²) in [4.78, 5) is 40.4. The molecular weight excluding hydrogens is 330 g/mol. The number of thioether (sulfide) groups is 1. The molecule has 2 aromatic heterocycles.